The van der Waals surface area contributed by atoms with Gasteiger partial charge in [-0.25, -0.2) is 0 Å². The van der Waals surface area contributed by atoms with Crippen molar-refractivity contribution in [2.45, 2.75) is 9.79 Å². The molecule has 3 N–H and O–H groups in total. The molecule has 0 unspecified atom stereocenters. The van der Waals surface area contributed by atoms with Crippen molar-refractivity contribution in [3.05, 3.63) is 40.9 Å². The van der Waals surface area contributed by atoms with Gasteiger partial charge in [-0.05, 0) is 34.1 Å². The zero-order valence-corrected chi connectivity index (χ0v) is 12.8. The third-order valence-corrected chi connectivity index (χ3v) is 4.90. The van der Waals surface area contributed by atoms with E-state index < -0.39 is 0 Å². The monoisotopic (exact) mass is 350 g/mol. The average molecular weight is 351 g/mol. The number of rotatable bonds is 2. The minimum absolute atomic E-state index is 0.0309. The first-order chi connectivity index (χ1) is 9.63. The molecule has 20 heavy (non-hydrogen) atoms. The van der Waals surface area contributed by atoms with Crippen LogP contribution in [0.5, 0.6) is 5.75 Å². The molecule has 0 saturated carbocycles. The van der Waals surface area contributed by atoms with E-state index >= 15 is 0 Å². The first kappa shape index (κ1) is 13.3. The Kier molecular flexibility index (Phi) is 3.58. The Labute approximate surface area is 128 Å². The first-order valence-electron chi connectivity index (χ1n) is 5.92. The van der Waals surface area contributed by atoms with Crippen molar-refractivity contribution in [3.8, 4) is 5.75 Å². The molecular weight excluding hydrogens is 340 g/mol. The maximum Gasteiger partial charge on any atom is 0.262 e. The Bertz CT molecular complexity index is 691. The van der Waals surface area contributed by atoms with Crippen molar-refractivity contribution in [2.75, 3.05) is 17.7 Å². The normalized spacial score (nSPS) is 13.3. The van der Waals surface area contributed by atoms with Crippen LogP contribution in [0.2, 0.25) is 0 Å². The molecule has 0 saturated heterocycles. The molecule has 2 aromatic carbocycles. The lowest BCUT2D eigenvalue weighted by molar-refractivity contribution is -0.118. The van der Waals surface area contributed by atoms with E-state index in [-0.39, 0.29) is 12.5 Å². The highest BCUT2D eigenvalue weighted by atomic mass is 79.9. The second-order valence-electron chi connectivity index (χ2n) is 4.26. The van der Waals surface area contributed by atoms with Crippen molar-refractivity contribution in [1.82, 2.24) is 0 Å². The van der Waals surface area contributed by atoms with E-state index in [1.807, 2.05) is 30.3 Å². The van der Waals surface area contributed by atoms with Crippen molar-refractivity contribution < 1.29 is 9.53 Å². The number of benzene rings is 2. The van der Waals surface area contributed by atoms with Gasteiger partial charge in [0.2, 0.25) is 0 Å². The van der Waals surface area contributed by atoms with Gasteiger partial charge < -0.3 is 15.8 Å². The van der Waals surface area contributed by atoms with Crippen LogP contribution in [0, 0.1) is 0 Å². The fourth-order valence-electron chi connectivity index (χ4n) is 1.86. The summed E-state index contributed by atoms with van der Waals surface area (Å²) >= 11 is 5.04. The fraction of sp³-hybridized carbons (Fsp3) is 0.0714. The van der Waals surface area contributed by atoms with Gasteiger partial charge in [0.1, 0.15) is 5.75 Å². The SMILES string of the molecule is Nc1cc2c(cc1Sc1ccccc1Br)NC(=O)CO2. The molecule has 0 radical (unpaired) electrons. The van der Waals surface area contributed by atoms with E-state index in [4.69, 9.17) is 10.5 Å². The Morgan fingerprint density at radius 1 is 1.25 bits per heavy atom. The van der Waals surface area contributed by atoms with Crippen LogP contribution in [0.25, 0.3) is 0 Å². The number of nitrogens with one attached hydrogen (secondary N) is 1. The van der Waals surface area contributed by atoms with Crippen LogP contribution in [-0.2, 0) is 4.79 Å². The molecule has 1 aliphatic rings. The third-order valence-electron chi connectivity index (χ3n) is 2.80. The van der Waals surface area contributed by atoms with Crippen LogP contribution in [0.4, 0.5) is 11.4 Å². The number of halogens is 1. The molecule has 1 aliphatic heterocycles. The van der Waals surface area contributed by atoms with Gasteiger partial charge in [0.05, 0.1) is 5.69 Å². The molecule has 0 aromatic heterocycles. The zero-order chi connectivity index (χ0) is 14.1. The maximum absolute atomic E-state index is 11.4. The molecule has 1 amide bonds. The molecular formula is C14H11BrN2O2S. The highest BCUT2D eigenvalue weighted by molar-refractivity contribution is 9.10. The number of hydrogen-bond donors (Lipinski definition) is 2. The minimum atomic E-state index is -0.154. The number of anilines is 2. The highest BCUT2D eigenvalue weighted by Crippen LogP contribution is 2.41. The molecule has 0 spiro atoms. The molecule has 2 aromatic rings. The van der Waals surface area contributed by atoms with Gasteiger partial charge in [-0.2, -0.15) is 0 Å². The van der Waals surface area contributed by atoms with Crippen LogP contribution in [0.3, 0.4) is 0 Å². The first-order valence-corrected chi connectivity index (χ1v) is 7.53. The van der Waals surface area contributed by atoms with Crippen LogP contribution in [0.15, 0.2) is 50.7 Å². The number of carbonyl (C=O) groups is 1. The lowest BCUT2D eigenvalue weighted by Gasteiger charge is -2.19. The van der Waals surface area contributed by atoms with Gasteiger partial charge in [-0.15, -0.1) is 0 Å². The Balaban J connectivity index is 1.96. The Hall–Kier alpha value is -1.66. The van der Waals surface area contributed by atoms with Crippen molar-refractivity contribution in [1.29, 1.82) is 0 Å². The highest BCUT2D eigenvalue weighted by Gasteiger charge is 2.18. The maximum atomic E-state index is 11.4. The standard InChI is InChI=1S/C14H11BrN2O2S/c15-8-3-1-2-4-12(8)20-13-6-10-11(5-9(13)16)19-7-14(18)17-10/h1-6H,7,16H2,(H,17,18). The van der Waals surface area contributed by atoms with Crippen LogP contribution < -0.4 is 15.8 Å². The van der Waals surface area contributed by atoms with Crippen molar-refractivity contribution in [3.63, 3.8) is 0 Å². The Morgan fingerprint density at radius 3 is 2.85 bits per heavy atom. The summed E-state index contributed by atoms with van der Waals surface area (Å²) in [6.07, 6.45) is 0. The average Bonchev–Trinajstić information content (AvgIpc) is 2.42. The van der Waals surface area contributed by atoms with Gasteiger partial charge >= 0.3 is 0 Å². The number of hydrogen-bond acceptors (Lipinski definition) is 4. The Morgan fingerprint density at radius 2 is 2.05 bits per heavy atom. The van der Waals surface area contributed by atoms with Gasteiger partial charge in [0, 0.05) is 26.0 Å². The predicted octanol–water partition coefficient (Wildman–Crippen LogP) is 3.51. The molecule has 0 bridgehead atoms. The van der Waals surface area contributed by atoms with Gasteiger partial charge in [-0.3, -0.25) is 4.79 Å². The number of nitrogens with two attached hydrogens (primary N) is 1. The largest absolute Gasteiger partial charge is 0.482 e. The van der Waals surface area contributed by atoms with E-state index in [0.29, 0.717) is 17.1 Å². The predicted molar refractivity (Wildman–Crippen MR) is 83.2 cm³/mol. The van der Waals surface area contributed by atoms with Crippen LogP contribution >= 0.6 is 27.7 Å². The van der Waals surface area contributed by atoms with E-state index in [0.717, 1.165) is 14.3 Å². The number of carbonyl (C=O) groups excluding carboxylic acids is 1. The van der Waals surface area contributed by atoms with Crippen LogP contribution in [0.1, 0.15) is 0 Å². The molecule has 0 aliphatic carbocycles. The number of fused-ring (bicyclic) bond motifs is 1. The molecule has 1 heterocycles. The number of amides is 1. The molecule has 6 heteroatoms. The van der Waals surface area contributed by atoms with Gasteiger partial charge in [-0.1, -0.05) is 23.9 Å². The molecule has 3 rings (SSSR count). The summed E-state index contributed by atoms with van der Waals surface area (Å²) in [6, 6.07) is 11.5. The van der Waals surface area contributed by atoms with E-state index in [1.54, 1.807) is 6.07 Å². The quantitative estimate of drug-likeness (QED) is 0.813. The molecule has 4 nitrogen and oxygen atoms in total. The van der Waals surface area contributed by atoms with Gasteiger partial charge in [0.25, 0.3) is 5.91 Å². The van der Waals surface area contributed by atoms with E-state index in [1.165, 1.54) is 11.8 Å². The smallest absolute Gasteiger partial charge is 0.262 e. The van der Waals surface area contributed by atoms with Gasteiger partial charge in [0.15, 0.2) is 6.61 Å². The summed E-state index contributed by atoms with van der Waals surface area (Å²) in [5, 5.41) is 2.78. The summed E-state index contributed by atoms with van der Waals surface area (Å²) in [7, 11) is 0. The second kappa shape index (κ2) is 5.38. The summed E-state index contributed by atoms with van der Waals surface area (Å²) in [5.74, 6) is 0.456. The van der Waals surface area contributed by atoms with Crippen molar-refractivity contribution >= 4 is 45.0 Å². The van der Waals surface area contributed by atoms with Crippen LogP contribution in [-0.4, -0.2) is 12.5 Å². The number of ether oxygens (including phenoxy) is 1. The minimum Gasteiger partial charge on any atom is -0.482 e. The third kappa shape index (κ3) is 2.62. The van der Waals surface area contributed by atoms with E-state index in [2.05, 4.69) is 21.2 Å². The molecule has 102 valence electrons. The molecule has 0 fully saturated rings. The summed E-state index contributed by atoms with van der Waals surface area (Å²) in [4.78, 5) is 13.3. The molecule has 0 atom stereocenters. The number of nitrogen functional groups attached to an aromatic ring is 1. The summed E-state index contributed by atoms with van der Waals surface area (Å²) in [6.45, 7) is 0.0309. The zero-order valence-electron chi connectivity index (χ0n) is 10.4. The topological polar surface area (TPSA) is 64.3 Å². The summed E-state index contributed by atoms with van der Waals surface area (Å²) < 4.78 is 6.34. The van der Waals surface area contributed by atoms with Crippen molar-refractivity contribution in [2.24, 2.45) is 0 Å². The van der Waals surface area contributed by atoms with E-state index in [9.17, 15) is 4.79 Å². The lowest BCUT2D eigenvalue weighted by atomic mass is 10.2. The fourth-order valence-corrected chi connectivity index (χ4v) is 3.29. The second-order valence-corrected chi connectivity index (χ2v) is 6.19. The summed E-state index contributed by atoms with van der Waals surface area (Å²) in [5.41, 5.74) is 7.33. The lowest BCUT2D eigenvalue weighted by Crippen LogP contribution is -2.25.